The lowest BCUT2D eigenvalue weighted by Crippen LogP contribution is -2.48. The van der Waals surface area contributed by atoms with Crippen LogP contribution in [0.5, 0.6) is 17.4 Å². The summed E-state index contributed by atoms with van der Waals surface area (Å²) in [7, 11) is 2.08. The molecule has 0 bridgehead atoms. The number of likely N-dealkylation sites (N-methyl/N-ethyl adjacent to an activating group) is 1. The number of amides is 1. The van der Waals surface area contributed by atoms with Crippen LogP contribution in [0.4, 0.5) is 10.5 Å². The molecule has 40 heavy (non-hydrogen) atoms. The molecule has 1 atom stereocenters. The number of carbonyl (C=O) groups is 1. The van der Waals surface area contributed by atoms with E-state index in [4.69, 9.17) is 14.5 Å². The van der Waals surface area contributed by atoms with Crippen molar-refractivity contribution in [3.63, 3.8) is 0 Å². The van der Waals surface area contributed by atoms with E-state index >= 15 is 0 Å². The highest BCUT2D eigenvalue weighted by atomic mass is 16.5. The average Bonchev–Trinajstić information content (AvgIpc) is 3.61. The van der Waals surface area contributed by atoms with Crippen LogP contribution < -0.4 is 14.4 Å². The van der Waals surface area contributed by atoms with Gasteiger partial charge in [0.2, 0.25) is 5.88 Å². The standard InChI is InChI=1S/C29H31N7O4/c1-18-8-9-23-22(16-31-33-23)27(18)40-24-7-3-6-20-25(24)32-28(39-17-19-5-4-10-34(19)2)21(15-30)26(20)35-11-13-36(14-12-35)29(37)38/h3,6-9,16,19H,4-5,10-14,17H2,1-2H3,(H,31,33)(H,37,38)/t19-/m0/s1. The minimum absolute atomic E-state index is 0.249. The van der Waals surface area contributed by atoms with E-state index in [9.17, 15) is 15.2 Å². The summed E-state index contributed by atoms with van der Waals surface area (Å²) in [6.07, 6.45) is 2.93. The van der Waals surface area contributed by atoms with Gasteiger partial charge in [-0.1, -0.05) is 18.2 Å². The number of hydrogen-bond acceptors (Lipinski definition) is 8. The summed E-state index contributed by atoms with van der Waals surface area (Å²) in [6.45, 7) is 4.99. The normalized spacial score (nSPS) is 17.9. The number of aromatic nitrogens is 3. The van der Waals surface area contributed by atoms with Crippen LogP contribution in [-0.4, -0.2) is 88.6 Å². The van der Waals surface area contributed by atoms with Crippen molar-refractivity contribution in [3.05, 3.63) is 47.7 Å². The van der Waals surface area contributed by atoms with Crippen LogP contribution >= 0.6 is 0 Å². The third kappa shape index (κ3) is 4.60. The highest BCUT2D eigenvalue weighted by molar-refractivity contribution is 5.99. The van der Waals surface area contributed by atoms with Gasteiger partial charge in [-0.2, -0.15) is 10.4 Å². The second kappa shape index (κ2) is 10.5. The summed E-state index contributed by atoms with van der Waals surface area (Å²) in [5.41, 5.74) is 3.43. The number of nitrogens with zero attached hydrogens (tertiary/aromatic N) is 6. The second-order valence-corrected chi connectivity index (χ2v) is 10.4. The highest BCUT2D eigenvalue weighted by Gasteiger charge is 2.29. The number of likely N-dealkylation sites (tertiary alicyclic amines) is 1. The molecular formula is C29H31N7O4. The van der Waals surface area contributed by atoms with Gasteiger partial charge in [-0.15, -0.1) is 0 Å². The fourth-order valence-electron chi connectivity index (χ4n) is 5.67. The van der Waals surface area contributed by atoms with Gasteiger partial charge in [0.25, 0.3) is 0 Å². The zero-order valence-corrected chi connectivity index (χ0v) is 22.6. The third-order valence-corrected chi connectivity index (χ3v) is 7.96. The monoisotopic (exact) mass is 541 g/mol. The van der Waals surface area contributed by atoms with Crippen molar-refractivity contribution in [2.45, 2.75) is 25.8 Å². The van der Waals surface area contributed by atoms with Crippen LogP contribution in [-0.2, 0) is 0 Å². The summed E-state index contributed by atoms with van der Waals surface area (Å²) in [5.74, 6) is 1.48. The molecule has 6 rings (SSSR count). The average molecular weight is 542 g/mol. The van der Waals surface area contributed by atoms with E-state index in [1.807, 2.05) is 37.3 Å². The molecule has 2 aromatic carbocycles. The molecule has 2 aromatic heterocycles. The Morgan fingerprint density at radius 3 is 2.73 bits per heavy atom. The van der Waals surface area contributed by atoms with Gasteiger partial charge in [0.15, 0.2) is 5.75 Å². The number of fused-ring (bicyclic) bond motifs is 2. The first-order valence-electron chi connectivity index (χ1n) is 13.5. The Labute approximate surface area is 231 Å². The van der Waals surface area contributed by atoms with Crippen LogP contribution in [0.15, 0.2) is 36.5 Å². The number of anilines is 1. The first-order chi connectivity index (χ1) is 19.4. The summed E-state index contributed by atoms with van der Waals surface area (Å²) in [6, 6.07) is 12.2. The maximum absolute atomic E-state index is 11.5. The minimum atomic E-state index is -0.941. The van der Waals surface area contributed by atoms with Gasteiger partial charge in [-0.25, -0.2) is 9.78 Å². The molecule has 0 aliphatic carbocycles. The number of para-hydroxylation sites is 1. The first kappa shape index (κ1) is 25.7. The quantitative estimate of drug-likeness (QED) is 0.366. The van der Waals surface area contributed by atoms with E-state index in [1.54, 1.807) is 6.20 Å². The zero-order valence-electron chi connectivity index (χ0n) is 22.6. The van der Waals surface area contributed by atoms with Crippen molar-refractivity contribution < 1.29 is 19.4 Å². The van der Waals surface area contributed by atoms with Gasteiger partial charge < -0.3 is 29.3 Å². The van der Waals surface area contributed by atoms with Crippen molar-refractivity contribution >= 4 is 33.6 Å². The van der Waals surface area contributed by atoms with Crippen LogP contribution in [0.25, 0.3) is 21.8 Å². The molecule has 0 spiro atoms. The zero-order chi connectivity index (χ0) is 27.8. The number of nitrogens with one attached hydrogen (secondary N) is 1. The minimum Gasteiger partial charge on any atom is -0.475 e. The smallest absolute Gasteiger partial charge is 0.407 e. The van der Waals surface area contributed by atoms with Crippen molar-refractivity contribution in [2.75, 3.05) is 51.3 Å². The predicted molar refractivity (Wildman–Crippen MR) is 150 cm³/mol. The number of nitriles is 1. The molecule has 2 aliphatic rings. The van der Waals surface area contributed by atoms with Gasteiger partial charge in [-0.3, -0.25) is 5.10 Å². The van der Waals surface area contributed by atoms with Gasteiger partial charge >= 0.3 is 6.09 Å². The molecule has 11 heteroatoms. The van der Waals surface area contributed by atoms with Crippen molar-refractivity contribution in [1.82, 2.24) is 25.0 Å². The number of piperazine rings is 1. The number of hydrogen-bond donors (Lipinski definition) is 2. The van der Waals surface area contributed by atoms with E-state index in [-0.39, 0.29) is 11.9 Å². The lowest BCUT2D eigenvalue weighted by atomic mass is 10.1. The fraction of sp³-hybridized carbons (Fsp3) is 0.379. The summed E-state index contributed by atoms with van der Waals surface area (Å²) < 4.78 is 12.8. The van der Waals surface area contributed by atoms with E-state index in [0.29, 0.717) is 61.1 Å². The topological polar surface area (TPSA) is 131 Å². The number of rotatable bonds is 6. The molecule has 2 N–H and O–H groups in total. The molecule has 1 amide bonds. The summed E-state index contributed by atoms with van der Waals surface area (Å²) >= 11 is 0. The van der Waals surface area contributed by atoms with Gasteiger partial charge in [0.1, 0.15) is 29.5 Å². The molecule has 2 aliphatic heterocycles. The van der Waals surface area contributed by atoms with E-state index < -0.39 is 6.09 Å². The van der Waals surface area contributed by atoms with Crippen LogP contribution in [0.1, 0.15) is 24.0 Å². The molecule has 11 nitrogen and oxygen atoms in total. The first-order valence-corrected chi connectivity index (χ1v) is 13.5. The number of pyridine rings is 1. The van der Waals surface area contributed by atoms with E-state index in [2.05, 4.69) is 33.1 Å². The van der Waals surface area contributed by atoms with Crippen molar-refractivity contribution in [2.24, 2.45) is 0 Å². The van der Waals surface area contributed by atoms with Crippen LogP contribution in [0, 0.1) is 18.3 Å². The Morgan fingerprint density at radius 2 is 2.00 bits per heavy atom. The van der Waals surface area contributed by atoms with E-state index in [0.717, 1.165) is 41.2 Å². The molecule has 4 aromatic rings. The Kier molecular flexibility index (Phi) is 6.77. The van der Waals surface area contributed by atoms with Gasteiger partial charge in [0, 0.05) is 37.6 Å². The summed E-state index contributed by atoms with van der Waals surface area (Å²) in [4.78, 5) is 22.1. The molecule has 0 saturated carbocycles. The molecule has 0 unspecified atom stereocenters. The number of aryl methyl sites for hydroxylation is 1. The van der Waals surface area contributed by atoms with Crippen LogP contribution in [0.2, 0.25) is 0 Å². The second-order valence-electron chi connectivity index (χ2n) is 10.4. The highest BCUT2D eigenvalue weighted by Crippen LogP contribution is 2.41. The van der Waals surface area contributed by atoms with Gasteiger partial charge in [0.05, 0.1) is 22.8 Å². The third-order valence-electron chi connectivity index (χ3n) is 7.96. The Morgan fingerprint density at radius 1 is 1.18 bits per heavy atom. The Bertz CT molecular complexity index is 1620. The van der Waals surface area contributed by atoms with Crippen molar-refractivity contribution in [1.29, 1.82) is 5.26 Å². The lowest BCUT2D eigenvalue weighted by Gasteiger charge is -2.35. The lowest BCUT2D eigenvalue weighted by molar-refractivity contribution is 0.142. The summed E-state index contributed by atoms with van der Waals surface area (Å²) in [5, 5.41) is 28.6. The number of aromatic amines is 1. The number of carboxylic acid groups (broad SMARTS) is 1. The maximum Gasteiger partial charge on any atom is 0.407 e. The Hall–Kier alpha value is -4.56. The number of H-pyrrole nitrogens is 1. The van der Waals surface area contributed by atoms with E-state index in [1.165, 1.54) is 4.90 Å². The fourth-order valence-corrected chi connectivity index (χ4v) is 5.67. The molecule has 2 saturated heterocycles. The molecule has 206 valence electrons. The molecule has 0 radical (unpaired) electrons. The molecule has 2 fully saturated rings. The number of benzene rings is 2. The van der Waals surface area contributed by atoms with Crippen LogP contribution in [0.3, 0.4) is 0 Å². The van der Waals surface area contributed by atoms with Gasteiger partial charge in [-0.05, 0) is 51.1 Å². The maximum atomic E-state index is 11.5. The molecule has 4 heterocycles. The Balaban J connectivity index is 1.46. The van der Waals surface area contributed by atoms with Crippen molar-refractivity contribution in [3.8, 4) is 23.4 Å². The number of ether oxygens (including phenoxy) is 2. The predicted octanol–water partition coefficient (Wildman–Crippen LogP) is 4.36. The largest absolute Gasteiger partial charge is 0.475 e. The molecular weight excluding hydrogens is 510 g/mol. The SMILES string of the molecule is Cc1ccc2[nH]ncc2c1Oc1cccc2c(N3CCN(C(=O)O)CC3)c(C#N)c(OC[C@@H]3CCCN3C)nc12.